The molecule has 0 aliphatic heterocycles. The molecule has 1 aromatic heterocycles. The number of nitro benzene ring substituents is 1. The highest BCUT2D eigenvalue weighted by molar-refractivity contribution is 7.99. The summed E-state index contributed by atoms with van der Waals surface area (Å²) in [6, 6.07) is 9.83. The first-order valence-corrected chi connectivity index (χ1v) is 11.0. The first kappa shape index (κ1) is 24.6. The second-order valence-corrected chi connectivity index (χ2v) is 8.07. The molecular formula is C22H21FN6O4S. The summed E-state index contributed by atoms with van der Waals surface area (Å²) in [7, 11) is 0. The molecule has 0 aliphatic carbocycles. The zero-order valence-corrected chi connectivity index (χ0v) is 19.0. The van der Waals surface area contributed by atoms with E-state index in [-0.39, 0.29) is 29.7 Å². The van der Waals surface area contributed by atoms with E-state index in [1.165, 1.54) is 30.3 Å². The molecule has 2 N–H and O–H groups in total. The lowest BCUT2D eigenvalue weighted by atomic mass is 10.2. The summed E-state index contributed by atoms with van der Waals surface area (Å²) in [4.78, 5) is 35.3. The lowest BCUT2D eigenvalue weighted by Gasteiger charge is -2.09. The highest BCUT2D eigenvalue weighted by Crippen LogP contribution is 2.23. The fraction of sp³-hybridized carbons (Fsp3) is 0.182. The van der Waals surface area contributed by atoms with Crippen molar-refractivity contribution in [3.05, 3.63) is 82.4 Å². The lowest BCUT2D eigenvalue weighted by molar-refractivity contribution is -0.385. The largest absolute Gasteiger partial charge is 0.326 e. The van der Waals surface area contributed by atoms with Crippen molar-refractivity contribution in [3.63, 3.8) is 0 Å². The molecule has 0 saturated carbocycles. The second-order valence-electron chi connectivity index (χ2n) is 7.13. The van der Waals surface area contributed by atoms with Crippen LogP contribution in [-0.2, 0) is 22.6 Å². The van der Waals surface area contributed by atoms with Crippen LogP contribution >= 0.6 is 11.8 Å². The SMILES string of the molecule is C=CCn1c(CC(=O)Nc2ccc(F)cc2)nnc1SCC(=O)Nc1ccc(C)c([N+](=O)[O-])c1. The molecular weight excluding hydrogens is 463 g/mol. The number of aromatic nitrogens is 3. The van der Waals surface area contributed by atoms with Gasteiger partial charge in [0.05, 0.1) is 17.1 Å². The van der Waals surface area contributed by atoms with Crippen LogP contribution in [-0.4, -0.2) is 37.3 Å². The Morgan fingerprint density at radius 2 is 1.82 bits per heavy atom. The van der Waals surface area contributed by atoms with Crippen LogP contribution in [0.2, 0.25) is 0 Å². The number of nitrogens with zero attached hydrogens (tertiary/aromatic N) is 4. The molecule has 34 heavy (non-hydrogen) atoms. The average molecular weight is 485 g/mol. The molecule has 1 heterocycles. The summed E-state index contributed by atoms with van der Waals surface area (Å²) in [5, 5.41) is 24.9. The smallest absolute Gasteiger partial charge is 0.274 e. The number of nitrogens with one attached hydrogen (secondary N) is 2. The van der Waals surface area contributed by atoms with Gasteiger partial charge in [-0.05, 0) is 37.3 Å². The number of benzene rings is 2. The number of carbonyl (C=O) groups is 2. The number of hydrogen-bond donors (Lipinski definition) is 2. The van der Waals surface area contributed by atoms with Crippen molar-refractivity contribution >= 4 is 40.6 Å². The van der Waals surface area contributed by atoms with E-state index >= 15 is 0 Å². The van der Waals surface area contributed by atoms with Crippen LogP contribution in [0.4, 0.5) is 21.5 Å². The number of anilines is 2. The van der Waals surface area contributed by atoms with Gasteiger partial charge in [-0.3, -0.25) is 19.7 Å². The molecule has 176 valence electrons. The van der Waals surface area contributed by atoms with E-state index < -0.39 is 10.7 Å². The van der Waals surface area contributed by atoms with Crippen molar-refractivity contribution in [2.24, 2.45) is 0 Å². The fourth-order valence-corrected chi connectivity index (χ4v) is 3.73. The minimum absolute atomic E-state index is 0.0290. The van der Waals surface area contributed by atoms with Gasteiger partial charge in [0.2, 0.25) is 11.8 Å². The third-order valence-corrected chi connectivity index (χ3v) is 5.54. The highest BCUT2D eigenvalue weighted by atomic mass is 32.2. The van der Waals surface area contributed by atoms with Crippen LogP contribution < -0.4 is 10.6 Å². The van der Waals surface area contributed by atoms with Crippen LogP contribution in [0.25, 0.3) is 0 Å². The average Bonchev–Trinajstić information content (AvgIpc) is 3.16. The first-order valence-electron chi connectivity index (χ1n) is 10.0. The summed E-state index contributed by atoms with van der Waals surface area (Å²) in [5.41, 5.74) is 1.17. The van der Waals surface area contributed by atoms with Crippen LogP contribution in [0.15, 0.2) is 60.3 Å². The van der Waals surface area contributed by atoms with Crippen LogP contribution in [0.5, 0.6) is 0 Å². The molecule has 0 radical (unpaired) electrons. The van der Waals surface area contributed by atoms with Crippen molar-refractivity contribution < 1.29 is 18.9 Å². The molecule has 10 nitrogen and oxygen atoms in total. The summed E-state index contributed by atoms with van der Waals surface area (Å²) < 4.78 is 14.7. The van der Waals surface area contributed by atoms with Crippen LogP contribution in [0, 0.1) is 22.9 Å². The van der Waals surface area contributed by atoms with Crippen molar-refractivity contribution in [1.82, 2.24) is 14.8 Å². The highest BCUT2D eigenvalue weighted by Gasteiger charge is 2.17. The van der Waals surface area contributed by atoms with E-state index in [2.05, 4.69) is 27.4 Å². The Morgan fingerprint density at radius 3 is 2.50 bits per heavy atom. The molecule has 0 saturated heterocycles. The third kappa shape index (κ3) is 6.48. The number of amides is 2. The monoisotopic (exact) mass is 484 g/mol. The Morgan fingerprint density at radius 1 is 1.15 bits per heavy atom. The van der Waals surface area contributed by atoms with E-state index in [1.807, 2.05) is 0 Å². The molecule has 0 spiro atoms. The predicted molar refractivity (Wildman–Crippen MR) is 126 cm³/mol. The Balaban J connectivity index is 1.62. The van der Waals surface area contributed by atoms with Gasteiger partial charge in [0, 0.05) is 29.5 Å². The van der Waals surface area contributed by atoms with Crippen LogP contribution in [0.3, 0.4) is 0 Å². The number of thioether (sulfide) groups is 1. The number of rotatable bonds is 10. The van der Waals surface area contributed by atoms with Crippen molar-refractivity contribution in [2.45, 2.75) is 25.0 Å². The van der Waals surface area contributed by atoms with Gasteiger partial charge in [-0.25, -0.2) is 4.39 Å². The normalized spacial score (nSPS) is 10.5. The molecule has 0 unspecified atom stereocenters. The van der Waals surface area contributed by atoms with Crippen molar-refractivity contribution in [1.29, 1.82) is 0 Å². The van der Waals surface area contributed by atoms with E-state index in [9.17, 15) is 24.1 Å². The molecule has 3 rings (SSSR count). The van der Waals surface area contributed by atoms with Crippen molar-refractivity contribution in [3.8, 4) is 0 Å². The molecule has 2 amide bonds. The second kappa shape index (κ2) is 11.2. The quantitative estimate of drug-likeness (QED) is 0.194. The van der Waals surface area contributed by atoms with Crippen LogP contribution in [0.1, 0.15) is 11.4 Å². The number of halogens is 1. The van der Waals surface area contributed by atoms with Gasteiger partial charge >= 0.3 is 0 Å². The maximum atomic E-state index is 13.0. The number of carbonyl (C=O) groups excluding carboxylic acids is 2. The van der Waals surface area contributed by atoms with Crippen molar-refractivity contribution in [2.75, 3.05) is 16.4 Å². The predicted octanol–water partition coefficient (Wildman–Crippen LogP) is 3.73. The topological polar surface area (TPSA) is 132 Å². The summed E-state index contributed by atoms with van der Waals surface area (Å²) in [6.45, 7) is 5.63. The van der Waals surface area contributed by atoms with Gasteiger partial charge in [0.1, 0.15) is 11.6 Å². The molecule has 0 bridgehead atoms. The first-order chi connectivity index (χ1) is 16.3. The Bertz CT molecular complexity index is 1230. The van der Waals surface area contributed by atoms with E-state index in [1.54, 1.807) is 29.7 Å². The van der Waals surface area contributed by atoms with Gasteiger partial charge < -0.3 is 15.2 Å². The third-order valence-electron chi connectivity index (χ3n) is 4.57. The lowest BCUT2D eigenvalue weighted by Crippen LogP contribution is -2.18. The number of nitro groups is 1. The molecule has 2 aromatic carbocycles. The van der Waals surface area contributed by atoms with Gasteiger partial charge in [-0.1, -0.05) is 23.9 Å². The Kier molecular flexibility index (Phi) is 8.09. The maximum absolute atomic E-state index is 13.0. The number of allylic oxidation sites excluding steroid dienone is 1. The number of hydrogen-bond acceptors (Lipinski definition) is 7. The van der Waals surface area contributed by atoms with Gasteiger partial charge in [0.15, 0.2) is 5.16 Å². The minimum Gasteiger partial charge on any atom is -0.326 e. The number of aryl methyl sites for hydroxylation is 1. The van der Waals surface area contributed by atoms with Gasteiger partial charge in [-0.15, -0.1) is 16.8 Å². The molecule has 0 atom stereocenters. The molecule has 3 aromatic rings. The standard InChI is InChI=1S/C22H21FN6O4S/c1-3-10-28-19(12-20(30)24-16-8-5-15(23)6-9-16)26-27-22(28)34-13-21(31)25-17-7-4-14(2)18(11-17)29(32)33/h3-9,11H,1,10,12-13H2,2H3,(H,24,30)(H,25,31). The van der Waals surface area contributed by atoms with Gasteiger partial charge in [-0.2, -0.15) is 0 Å². The zero-order valence-electron chi connectivity index (χ0n) is 18.2. The van der Waals surface area contributed by atoms with E-state index in [4.69, 9.17) is 0 Å². The molecule has 0 fully saturated rings. The molecule has 0 aliphatic rings. The molecule has 12 heteroatoms. The van der Waals surface area contributed by atoms with E-state index in [0.717, 1.165) is 11.8 Å². The van der Waals surface area contributed by atoms with Gasteiger partial charge in [0.25, 0.3) is 5.69 Å². The fourth-order valence-electron chi connectivity index (χ4n) is 2.96. The summed E-state index contributed by atoms with van der Waals surface area (Å²) in [6.07, 6.45) is 1.53. The summed E-state index contributed by atoms with van der Waals surface area (Å²) in [5.74, 6) is -0.809. The Labute approximate surface area is 198 Å². The summed E-state index contributed by atoms with van der Waals surface area (Å²) >= 11 is 1.10. The minimum atomic E-state index is -0.509. The van der Waals surface area contributed by atoms with E-state index in [0.29, 0.717) is 34.5 Å². The zero-order chi connectivity index (χ0) is 24.7. The Hall–Kier alpha value is -4.06. The maximum Gasteiger partial charge on any atom is 0.274 e.